The van der Waals surface area contributed by atoms with Gasteiger partial charge in [-0.1, -0.05) is 12.1 Å². The standard InChI is InChI=1S/C15H20FNO3/c1-15(19,12-4-6-13(16)7-5-12)10-17-14(18)9-20-8-11-2-3-11/h4-7,11,19H,2-3,8-10H2,1H3,(H,17,18). The smallest absolute Gasteiger partial charge is 0.246 e. The van der Waals surface area contributed by atoms with Gasteiger partial charge in [-0.25, -0.2) is 4.39 Å². The Balaban J connectivity index is 1.75. The molecule has 0 aliphatic heterocycles. The zero-order valence-corrected chi connectivity index (χ0v) is 11.6. The van der Waals surface area contributed by atoms with Crippen LogP contribution < -0.4 is 5.32 Å². The summed E-state index contributed by atoms with van der Waals surface area (Å²) in [6.07, 6.45) is 2.36. The minimum Gasteiger partial charge on any atom is -0.384 e. The van der Waals surface area contributed by atoms with E-state index >= 15 is 0 Å². The summed E-state index contributed by atoms with van der Waals surface area (Å²) in [6.45, 7) is 2.27. The molecule has 1 saturated carbocycles. The van der Waals surface area contributed by atoms with E-state index in [2.05, 4.69) is 5.32 Å². The zero-order chi connectivity index (χ0) is 14.6. The van der Waals surface area contributed by atoms with E-state index in [-0.39, 0.29) is 24.9 Å². The van der Waals surface area contributed by atoms with Gasteiger partial charge in [0, 0.05) is 0 Å². The molecule has 20 heavy (non-hydrogen) atoms. The number of benzene rings is 1. The normalized spacial score (nSPS) is 17.6. The van der Waals surface area contributed by atoms with E-state index in [1.54, 1.807) is 6.92 Å². The number of carbonyl (C=O) groups is 1. The fourth-order valence-electron chi connectivity index (χ4n) is 1.84. The lowest BCUT2D eigenvalue weighted by Gasteiger charge is -2.24. The first-order chi connectivity index (χ1) is 9.47. The largest absolute Gasteiger partial charge is 0.384 e. The minimum atomic E-state index is -1.24. The summed E-state index contributed by atoms with van der Waals surface area (Å²) in [5, 5.41) is 12.9. The highest BCUT2D eigenvalue weighted by Crippen LogP contribution is 2.28. The molecule has 0 bridgehead atoms. The highest BCUT2D eigenvalue weighted by atomic mass is 19.1. The predicted octanol–water partition coefficient (Wildman–Crippen LogP) is 1.58. The summed E-state index contributed by atoms with van der Waals surface area (Å²) in [5.41, 5.74) is -0.682. The summed E-state index contributed by atoms with van der Waals surface area (Å²) >= 11 is 0. The highest BCUT2D eigenvalue weighted by molar-refractivity contribution is 5.77. The van der Waals surface area contributed by atoms with Gasteiger partial charge in [-0.15, -0.1) is 0 Å². The van der Waals surface area contributed by atoms with Gasteiger partial charge < -0.3 is 15.2 Å². The molecular weight excluding hydrogens is 261 g/mol. The lowest BCUT2D eigenvalue weighted by molar-refractivity contribution is -0.127. The molecule has 4 nitrogen and oxygen atoms in total. The summed E-state index contributed by atoms with van der Waals surface area (Å²) in [5.74, 6) is 0.000205. The van der Waals surface area contributed by atoms with E-state index in [0.29, 0.717) is 18.1 Å². The summed E-state index contributed by atoms with van der Waals surface area (Å²) in [7, 11) is 0. The number of amides is 1. The molecule has 110 valence electrons. The van der Waals surface area contributed by atoms with Crippen LogP contribution in [0, 0.1) is 11.7 Å². The summed E-state index contributed by atoms with van der Waals surface area (Å²) in [6, 6.07) is 5.57. The van der Waals surface area contributed by atoms with Crippen LogP contribution in [0.3, 0.4) is 0 Å². The van der Waals surface area contributed by atoms with Crippen molar-refractivity contribution in [3.63, 3.8) is 0 Å². The van der Waals surface area contributed by atoms with Gasteiger partial charge in [-0.3, -0.25) is 4.79 Å². The first kappa shape index (κ1) is 14.9. The Hall–Kier alpha value is -1.46. The molecule has 2 N–H and O–H groups in total. The Kier molecular flexibility index (Phi) is 4.73. The Morgan fingerprint density at radius 3 is 2.70 bits per heavy atom. The van der Waals surface area contributed by atoms with Crippen molar-refractivity contribution >= 4 is 5.91 Å². The summed E-state index contributed by atoms with van der Waals surface area (Å²) in [4.78, 5) is 11.6. The van der Waals surface area contributed by atoms with Gasteiger partial charge in [0.1, 0.15) is 18.0 Å². The number of aliphatic hydroxyl groups is 1. The number of ether oxygens (including phenoxy) is 1. The van der Waals surface area contributed by atoms with Gasteiger partial charge >= 0.3 is 0 Å². The average Bonchev–Trinajstić information content (AvgIpc) is 3.21. The number of halogens is 1. The van der Waals surface area contributed by atoms with Crippen LogP contribution in [0.2, 0.25) is 0 Å². The van der Waals surface area contributed by atoms with Crippen LogP contribution in [0.15, 0.2) is 24.3 Å². The van der Waals surface area contributed by atoms with Crippen LogP contribution >= 0.6 is 0 Å². The fraction of sp³-hybridized carbons (Fsp3) is 0.533. The van der Waals surface area contributed by atoms with Crippen LogP contribution in [0.5, 0.6) is 0 Å². The molecule has 1 amide bonds. The third-order valence-electron chi connectivity index (χ3n) is 3.38. The van der Waals surface area contributed by atoms with Gasteiger partial charge in [-0.2, -0.15) is 0 Å². The molecule has 1 unspecified atom stereocenters. The van der Waals surface area contributed by atoms with Gasteiger partial charge in [0.25, 0.3) is 0 Å². The predicted molar refractivity (Wildman–Crippen MR) is 72.5 cm³/mol. The third-order valence-corrected chi connectivity index (χ3v) is 3.38. The molecule has 5 heteroatoms. The van der Waals surface area contributed by atoms with Crippen molar-refractivity contribution in [1.82, 2.24) is 5.32 Å². The van der Waals surface area contributed by atoms with E-state index in [0.717, 1.165) is 0 Å². The van der Waals surface area contributed by atoms with E-state index < -0.39 is 5.60 Å². The van der Waals surface area contributed by atoms with Crippen LogP contribution in [0.4, 0.5) is 4.39 Å². The SMILES string of the molecule is CC(O)(CNC(=O)COCC1CC1)c1ccc(F)cc1. The molecule has 1 aliphatic carbocycles. The second-order valence-electron chi connectivity index (χ2n) is 5.52. The number of hydrogen-bond donors (Lipinski definition) is 2. The number of nitrogens with one attached hydrogen (secondary N) is 1. The summed E-state index contributed by atoms with van der Waals surface area (Å²) < 4.78 is 18.1. The zero-order valence-electron chi connectivity index (χ0n) is 11.6. The Labute approximate surface area is 117 Å². The quantitative estimate of drug-likeness (QED) is 0.797. The number of hydrogen-bond acceptors (Lipinski definition) is 3. The van der Waals surface area contributed by atoms with E-state index in [1.165, 1.54) is 37.1 Å². The Morgan fingerprint density at radius 1 is 1.45 bits per heavy atom. The molecule has 0 aromatic heterocycles. The third kappa shape index (κ3) is 4.58. The molecule has 0 saturated heterocycles. The Bertz CT molecular complexity index is 455. The Morgan fingerprint density at radius 2 is 2.10 bits per heavy atom. The maximum Gasteiger partial charge on any atom is 0.246 e. The van der Waals surface area contributed by atoms with Crippen molar-refractivity contribution < 1.29 is 19.0 Å². The van der Waals surface area contributed by atoms with Crippen molar-refractivity contribution in [3.8, 4) is 0 Å². The molecule has 0 heterocycles. The molecule has 2 rings (SSSR count). The topological polar surface area (TPSA) is 58.6 Å². The van der Waals surface area contributed by atoms with E-state index in [4.69, 9.17) is 4.74 Å². The van der Waals surface area contributed by atoms with Crippen molar-refractivity contribution in [2.24, 2.45) is 5.92 Å². The minimum absolute atomic E-state index is 0.00992. The van der Waals surface area contributed by atoms with Crippen LogP contribution in [-0.2, 0) is 15.1 Å². The van der Waals surface area contributed by atoms with Crippen LogP contribution in [0.1, 0.15) is 25.3 Å². The molecule has 0 radical (unpaired) electrons. The van der Waals surface area contributed by atoms with Gasteiger partial charge in [-0.05, 0) is 43.4 Å². The van der Waals surface area contributed by atoms with Gasteiger partial charge in [0.2, 0.25) is 5.91 Å². The maximum absolute atomic E-state index is 12.8. The van der Waals surface area contributed by atoms with Gasteiger partial charge in [0.05, 0.1) is 13.2 Å². The first-order valence-electron chi connectivity index (χ1n) is 6.80. The highest BCUT2D eigenvalue weighted by Gasteiger charge is 2.24. The van der Waals surface area contributed by atoms with Crippen molar-refractivity contribution in [1.29, 1.82) is 0 Å². The van der Waals surface area contributed by atoms with Crippen LogP contribution in [-0.4, -0.2) is 30.8 Å². The molecule has 1 fully saturated rings. The molecule has 1 atom stereocenters. The first-order valence-corrected chi connectivity index (χ1v) is 6.80. The fourth-order valence-corrected chi connectivity index (χ4v) is 1.84. The number of rotatable bonds is 7. The van der Waals surface area contributed by atoms with Crippen LogP contribution in [0.25, 0.3) is 0 Å². The number of carbonyl (C=O) groups excluding carboxylic acids is 1. The molecular formula is C15H20FNO3. The van der Waals surface area contributed by atoms with E-state index in [1.807, 2.05) is 0 Å². The monoisotopic (exact) mass is 281 g/mol. The second-order valence-corrected chi connectivity index (χ2v) is 5.52. The van der Waals surface area contributed by atoms with E-state index in [9.17, 15) is 14.3 Å². The van der Waals surface area contributed by atoms with Crippen molar-refractivity contribution in [2.45, 2.75) is 25.4 Å². The average molecular weight is 281 g/mol. The van der Waals surface area contributed by atoms with Crippen molar-refractivity contribution in [3.05, 3.63) is 35.6 Å². The maximum atomic E-state index is 12.8. The molecule has 1 aromatic carbocycles. The van der Waals surface area contributed by atoms with Gasteiger partial charge in [0.15, 0.2) is 0 Å². The molecule has 0 spiro atoms. The molecule has 1 aliphatic rings. The van der Waals surface area contributed by atoms with Crippen molar-refractivity contribution in [2.75, 3.05) is 19.8 Å². The lowest BCUT2D eigenvalue weighted by Crippen LogP contribution is -2.40. The molecule has 1 aromatic rings. The second kappa shape index (κ2) is 6.33. The lowest BCUT2D eigenvalue weighted by atomic mass is 9.96.